The van der Waals surface area contributed by atoms with Crippen molar-refractivity contribution in [2.24, 2.45) is 0 Å². The number of anilines is 1. The molecule has 4 heteroatoms. The van der Waals surface area contributed by atoms with Gasteiger partial charge in [0.25, 0.3) is 0 Å². The molecule has 3 heterocycles. The van der Waals surface area contributed by atoms with E-state index >= 15 is 0 Å². The van der Waals surface area contributed by atoms with Crippen LogP contribution in [0.3, 0.4) is 0 Å². The fourth-order valence-corrected chi connectivity index (χ4v) is 2.05. The molecule has 2 aromatic heterocycles. The summed E-state index contributed by atoms with van der Waals surface area (Å²) in [5, 5.41) is 6.81. The summed E-state index contributed by atoms with van der Waals surface area (Å²) in [6.45, 7) is 2.13. The zero-order valence-electron chi connectivity index (χ0n) is 8.48. The molecule has 2 aromatic rings. The first-order valence-electron chi connectivity index (χ1n) is 5.32. The minimum absolute atomic E-state index is 0.513. The highest BCUT2D eigenvalue weighted by Gasteiger charge is 2.15. The van der Waals surface area contributed by atoms with Crippen molar-refractivity contribution < 1.29 is 0 Å². The first-order valence-corrected chi connectivity index (χ1v) is 5.32. The maximum Gasteiger partial charge on any atom is 0.150 e. The Bertz CT molecular complexity index is 456. The van der Waals surface area contributed by atoms with Crippen LogP contribution < -0.4 is 10.6 Å². The molecule has 0 aliphatic carbocycles. The Morgan fingerprint density at radius 2 is 2.47 bits per heavy atom. The third-order valence-corrected chi connectivity index (χ3v) is 2.85. The van der Waals surface area contributed by atoms with Crippen LogP contribution in [0.5, 0.6) is 0 Å². The smallest absolute Gasteiger partial charge is 0.150 e. The number of nitrogens with zero attached hydrogens (tertiary/aromatic N) is 2. The summed E-state index contributed by atoms with van der Waals surface area (Å²) >= 11 is 0. The van der Waals surface area contributed by atoms with Crippen LogP contribution in [0.2, 0.25) is 0 Å². The average Bonchev–Trinajstić information content (AvgIpc) is 2.87. The van der Waals surface area contributed by atoms with Crippen molar-refractivity contribution >= 4 is 11.3 Å². The second-order valence-electron chi connectivity index (χ2n) is 3.91. The van der Waals surface area contributed by atoms with Gasteiger partial charge in [0, 0.05) is 31.2 Å². The molecule has 0 radical (unpaired) electrons. The number of nitrogens with one attached hydrogen (secondary N) is 2. The van der Waals surface area contributed by atoms with Gasteiger partial charge >= 0.3 is 0 Å². The van der Waals surface area contributed by atoms with E-state index in [9.17, 15) is 0 Å². The zero-order chi connectivity index (χ0) is 10.1. The molecule has 0 bridgehead atoms. The second-order valence-corrected chi connectivity index (χ2v) is 3.91. The molecule has 0 aromatic carbocycles. The number of fused-ring (bicyclic) bond motifs is 1. The van der Waals surface area contributed by atoms with Gasteiger partial charge in [-0.15, -0.1) is 0 Å². The Hall–Kier alpha value is -1.55. The molecule has 1 unspecified atom stereocenters. The molecule has 2 N–H and O–H groups in total. The topological polar surface area (TPSA) is 41.4 Å². The van der Waals surface area contributed by atoms with Gasteiger partial charge in [-0.1, -0.05) is 0 Å². The number of rotatable bonds is 2. The van der Waals surface area contributed by atoms with Crippen molar-refractivity contribution in [3.05, 3.63) is 30.7 Å². The molecular weight excluding hydrogens is 188 g/mol. The lowest BCUT2D eigenvalue weighted by Crippen LogP contribution is -2.22. The molecule has 78 valence electrons. The highest BCUT2D eigenvalue weighted by Crippen LogP contribution is 2.16. The van der Waals surface area contributed by atoms with Crippen LogP contribution in [-0.2, 0) is 0 Å². The van der Waals surface area contributed by atoms with Crippen molar-refractivity contribution in [1.29, 1.82) is 0 Å². The molecule has 1 atom stereocenters. The van der Waals surface area contributed by atoms with Crippen LogP contribution in [-0.4, -0.2) is 28.5 Å². The Balaban J connectivity index is 1.92. The van der Waals surface area contributed by atoms with E-state index in [1.54, 1.807) is 0 Å². The predicted molar refractivity (Wildman–Crippen MR) is 60.1 cm³/mol. The van der Waals surface area contributed by atoms with Crippen LogP contribution in [0.4, 0.5) is 5.82 Å². The van der Waals surface area contributed by atoms with Gasteiger partial charge in [-0.05, 0) is 25.1 Å². The quantitative estimate of drug-likeness (QED) is 0.766. The summed E-state index contributed by atoms with van der Waals surface area (Å²) in [5.74, 6) is 0.983. The van der Waals surface area contributed by atoms with E-state index < -0.39 is 0 Å². The molecule has 0 spiro atoms. The highest BCUT2D eigenvalue weighted by atomic mass is 15.1. The fraction of sp³-hybridized carbons (Fsp3) is 0.364. The summed E-state index contributed by atoms with van der Waals surface area (Å²) < 4.78 is 2.08. The van der Waals surface area contributed by atoms with E-state index in [2.05, 4.69) is 26.1 Å². The molecule has 0 amide bonds. The van der Waals surface area contributed by atoms with E-state index in [4.69, 9.17) is 0 Å². The van der Waals surface area contributed by atoms with Crippen molar-refractivity contribution in [3.63, 3.8) is 0 Å². The molecular formula is C11H14N4. The maximum absolute atomic E-state index is 4.38. The molecule has 1 fully saturated rings. The van der Waals surface area contributed by atoms with Gasteiger partial charge in [0.1, 0.15) is 0 Å². The summed E-state index contributed by atoms with van der Waals surface area (Å²) in [5.41, 5.74) is 1.14. The molecule has 1 aliphatic rings. The highest BCUT2D eigenvalue weighted by molar-refractivity contribution is 5.68. The SMILES string of the molecule is c1cc2c(NC3CCNC3)nccn2c1. The van der Waals surface area contributed by atoms with Crippen LogP contribution in [0.1, 0.15) is 6.42 Å². The van der Waals surface area contributed by atoms with Gasteiger partial charge in [-0.3, -0.25) is 0 Å². The van der Waals surface area contributed by atoms with Crippen LogP contribution >= 0.6 is 0 Å². The standard InChI is InChI=1S/C11H14N4/c1-2-10-11(13-5-7-15(10)6-1)14-9-3-4-12-8-9/h1-2,5-7,9,12H,3-4,8H2,(H,13,14). The van der Waals surface area contributed by atoms with E-state index in [-0.39, 0.29) is 0 Å². The van der Waals surface area contributed by atoms with Gasteiger partial charge in [-0.2, -0.15) is 0 Å². The lowest BCUT2D eigenvalue weighted by Gasteiger charge is -2.12. The largest absolute Gasteiger partial charge is 0.364 e. The minimum atomic E-state index is 0.513. The third-order valence-electron chi connectivity index (χ3n) is 2.85. The molecule has 3 rings (SSSR count). The number of aromatic nitrogens is 2. The lowest BCUT2D eigenvalue weighted by molar-refractivity contribution is 0.788. The van der Waals surface area contributed by atoms with E-state index in [1.807, 2.05) is 24.7 Å². The normalized spacial score (nSPS) is 20.9. The van der Waals surface area contributed by atoms with E-state index in [0.717, 1.165) is 24.4 Å². The zero-order valence-corrected chi connectivity index (χ0v) is 8.48. The Morgan fingerprint density at radius 3 is 3.33 bits per heavy atom. The Kier molecular flexibility index (Phi) is 2.07. The van der Waals surface area contributed by atoms with Crippen molar-refractivity contribution in [2.45, 2.75) is 12.5 Å². The van der Waals surface area contributed by atoms with E-state index in [0.29, 0.717) is 6.04 Å². The number of hydrogen-bond donors (Lipinski definition) is 2. The molecule has 0 saturated carbocycles. The summed E-state index contributed by atoms with van der Waals surface area (Å²) in [7, 11) is 0. The van der Waals surface area contributed by atoms with Gasteiger partial charge in [0.2, 0.25) is 0 Å². The summed E-state index contributed by atoms with van der Waals surface area (Å²) in [4.78, 5) is 4.38. The third kappa shape index (κ3) is 1.57. The van der Waals surface area contributed by atoms with Crippen molar-refractivity contribution in [2.75, 3.05) is 18.4 Å². The average molecular weight is 202 g/mol. The molecule has 15 heavy (non-hydrogen) atoms. The van der Waals surface area contributed by atoms with Gasteiger partial charge in [-0.25, -0.2) is 4.98 Å². The lowest BCUT2D eigenvalue weighted by atomic mass is 10.2. The van der Waals surface area contributed by atoms with Gasteiger partial charge in [0.05, 0.1) is 5.52 Å². The van der Waals surface area contributed by atoms with Crippen molar-refractivity contribution in [3.8, 4) is 0 Å². The van der Waals surface area contributed by atoms with Crippen molar-refractivity contribution in [1.82, 2.24) is 14.7 Å². The monoisotopic (exact) mass is 202 g/mol. The minimum Gasteiger partial charge on any atom is -0.364 e. The summed E-state index contributed by atoms with van der Waals surface area (Å²) in [6.07, 6.45) is 7.00. The summed E-state index contributed by atoms with van der Waals surface area (Å²) in [6, 6.07) is 4.63. The predicted octanol–water partition coefficient (Wildman–Crippen LogP) is 1.11. The van der Waals surface area contributed by atoms with Crippen LogP contribution in [0.15, 0.2) is 30.7 Å². The van der Waals surface area contributed by atoms with Crippen LogP contribution in [0, 0.1) is 0 Å². The van der Waals surface area contributed by atoms with Crippen LogP contribution in [0.25, 0.3) is 5.52 Å². The Labute approximate surface area is 88.3 Å². The maximum atomic E-state index is 4.38. The molecule has 4 nitrogen and oxygen atoms in total. The Morgan fingerprint density at radius 1 is 1.47 bits per heavy atom. The second kappa shape index (κ2) is 3.55. The van der Waals surface area contributed by atoms with Gasteiger partial charge < -0.3 is 15.0 Å². The molecule has 1 aliphatic heterocycles. The van der Waals surface area contributed by atoms with E-state index in [1.165, 1.54) is 6.42 Å². The number of hydrogen-bond acceptors (Lipinski definition) is 3. The first-order chi connectivity index (χ1) is 7.43. The first kappa shape index (κ1) is 8.73. The van der Waals surface area contributed by atoms with Gasteiger partial charge in [0.15, 0.2) is 5.82 Å². The fourth-order valence-electron chi connectivity index (χ4n) is 2.05. The molecule has 1 saturated heterocycles.